The molecular weight excluding hydrogens is 295 g/mol. The topological polar surface area (TPSA) is 43.3 Å². The molecule has 0 saturated carbocycles. The Labute approximate surface area is 134 Å². The largest absolute Gasteiger partial charge is 0.483 e. The predicted molar refractivity (Wildman–Crippen MR) is 87.0 cm³/mol. The number of pyridine rings is 1. The maximum absolute atomic E-state index is 13.2. The molecule has 1 saturated heterocycles. The highest BCUT2D eigenvalue weighted by atomic mass is 19.1. The van der Waals surface area contributed by atoms with E-state index in [2.05, 4.69) is 5.32 Å². The molecule has 23 heavy (non-hydrogen) atoms. The Morgan fingerprint density at radius 2 is 2.04 bits per heavy atom. The number of ether oxygens (including phenoxy) is 1. The SMILES string of the molecule is O=c1c(OCc2cccc(F)c2)cccn1CC1CCNCC1. The van der Waals surface area contributed by atoms with Gasteiger partial charge in [0.1, 0.15) is 12.4 Å². The highest BCUT2D eigenvalue weighted by molar-refractivity contribution is 5.20. The fraction of sp³-hybridized carbons (Fsp3) is 0.389. The van der Waals surface area contributed by atoms with Crippen molar-refractivity contribution < 1.29 is 9.13 Å². The molecule has 1 aliphatic heterocycles. The van der Waals surface area contributed by atoms with Gasteiger partial charge in [0.2, 0.25) is 0 Å². The summed E-state index contributed by atoms with van der Waals surface area (Å²) in [5, 5.41) is 3.33. The molecule has 1 aromatic carbocycles. The maximum atomic E-state index is 13.2. The molecule has 1 aliphatic rings. The number of piperidine rings is 1. The first-order valence-corrected chi connectivity index (χ1v) is 8.00. The van der Waals surface area contributed by atoms with Crippen LogP contribution in [0.15, 0.2) is 47.4 Å². The molecular formula is C18H21FN2O2. The molecule has 5 heteroatoms. The minimum absolute atomic E-state index is 0.123. The molecule has 3 rings (SSSR count). The van der Waals surface area contributed by atoms with Crippen LogP contribution >= 0.6 is 0 Å². The summed E-state index contributed by atoms with van der Waals surface area (Å²) in [5.74, 6) is 0.528. The van der Waals surface area contributed by atoms with Gasteiger partial charge >= 0.3 is 0 Å². The summed E-state index contributed by atoms with van der Waals surface area (Å²) in [6.07, 6.45) is 3.97. The van der Waals surface area contributed by atoms with Crippen LogP contribution in [0, 0.1) is 11.7 Å². The van der Waals surface area contributed by atoms with Gasteiger partial charge in [-0.3, -0.25) is 4.79 Å². The second kappa shape index (κ2) is 7.42. The van der Waals surface area contributed by atoms with Crippen LogP contribution in [0.4, 0.5) is 4.39 Å². The van der Waals surface area contributed by atoms with Crippen molar-refractivity contribution in [3.8, 4) is 5.75 Å². The number of hydrogen-bond acceptors (Lipinski definition) is 3. The van der Waals surface area contributed by atoms with Crippen LogP contribution in [0.25, 0.3) is 0 Å². The van der Waals surface area contributed by atoms with E-state index in [1.165, 1.54) is 12.1 Å². The summed E-state index contributed by atoms with van der Waals surface area (Å²) < 4.78 is 20.5. The molecule has 1 N–H and O–H groups in total. The second-order valence-corrected chi connectivity index (χ2v) is 5.94. The van der Waals surface area contributed by atoms with Gasteiger partial charge in [0.05, 0.1) is 0 Å². The monoisotopic (exact) mass is 316 g/mol. The Morgan fingerprint density at radius 1 is 1.22 bits per heavy atom. The van der Waals surface area contributed by atoms with Gasteiger partial charge in [-0.05, 0) is 61.7 Å². The first-order valence-electron chi connectivity index (χ1n) is 8.00. The molecule has 2 aromatic rings. The van der Waals surface area contributed by atoms with Gasteiger partial charge in [0.25, 0.3) is 5.56 Å². The van der Waals surface area contributed by atoms with Crippen LogP contribution < -0.4 is 15.6 Å². The van der Waals surface area contributed by atoms with Crippen molar-refractivity contribution in [1.29, 1.82) is 0 Å². The molecule has 0 aliphatic carbocycles. The van der Waals surface area contributed by atoms with E-state index < -0.39 is 0 Å². The van der Waals surface area contributed by atoms with Crippen molar-refractivity contribution in [2.24, 2.45) is 5.92 Å². The summed E-state index contributed by atoms with van der Waals surface area (Å²) >= 11 is 0. The van der Waals surface area contributed by atoms with Crippen LogP contribution in [0.3, 0.4) is 0 Å². The van der Waals surface area contributed by atoms with Crippen molar-refractivity contribution in [3.63, 3.8) is 0 Å². The van der Waals surface area contributed by atoms with E-state index in [-0.39, 0.29) is 18.0 Å². The lowest BCUT2D eigenvalue weighted by Crippen LogP contribution is -2.32. The lowest BCUT2D eigenvalue weighted by atomic mass is 9.98. The van der Waals surface area contributed by atoms with Crippen LogP contribution in [-0.4, -0.2) is 17.7 Å². The summed E-state index contributed by atoms with van der Waals surface area (Å²) in [4.78, 5) is 12.5. The van der Waals surface area contributed by atoms with Crippen molar-refractivity contribution in [2.75, 3.05) is 13.1 Å². The van der Waals surface area contributed by atoms with Gasteiger partial charge in [-0.15, -0.1) is 0 Å². The lowest BCUT2D eigenvalue weighted by molar-refractivity contribution is 0.291. The molecule has 4 nitrogen and oxygen atoms in total. The first kappa shape index (κ1) is 15.7. The Kier molecular flexibility index (Phi) is 5.08. The first-order chi connectivity index (χ1) is 11.2. The Balaban J connectivity index is 1.68. The third-order valence-corrected chi connectivity index (χ3v) is 4.18. The van der Waals surface area contributed by atoms with E-state index in [0.717, 1.165) is 32.5 Å². The summed E-state index contributed by atoms with van der Waals surface area (Å²) in [6.45, 7) is 2.92. The molecule has 1 fully saturated rings. The average Bonchev–Trinajstić information content (AvgIpc) is 2.57. The number of nitrogens with one attached hydrogen (secondary N) is 1. The van der Waals surface area contributed by atoms with Crippen molar-refractivity contribution in [2.45, 2.75) is 26.0 Å². The molecule has 0 radical (unpaired) electrons. The van der Waals surface area contributed by atoms with Crippen LogP contribution in [0.5, 0.6) is 5.75 Å². The molecule has 0 bridgehead atoms. The van der Waals surface area contributed by atoms with Crippen LogP contribution in [-0.2, 0) is 13.2 Å². The quantitative estimate of drug-likeness (QED) is 0.922. The van der Waals surface area contributed by atoms with Gasteiger partial charge in [0, 0.05) is 12.7 Å². The molecule has 122 valence electrons. The fourth-order valence-corrected chi connectivity index (χ4v) is 2.90. The number of aromatic nitrogens is 1. The number of benzene rings is 1. The van der Waals surface area contributed by atoms with E-state index >= 15 is 0 Å². The highest BCUT2D eigenvalue weighted by Gasteiger charge is 2.15. The fourth-order valence-electron chi connectivity index (χ4n) is 2.90. The van der Waals surface area contributed by atoms with E-state index in [1.807, 2.05) is 6.07 Å². The third-order valence-electron chi connectivity index (χ3n) is 4.18. The number of rotatable bonds is 5. The Morgan fingerprint density at radius 3 is 2.83 bits per heavy atom. The lowest BCUT2D eigenvalue weighted by Gasteiger charge is -2.23. The highest BCUT2D eigenvalue weighted by Crippen LogP contribution is 2.14. The zero-order chi connectivity index (χ0) is 16.1. The van der Waals surface area contributed by atoms with Gasteiger partial charge in [-0.1, -0.05) is 12.1 Å². The van der Waals surface area contributed by atoms with Gasteiger partial charge in [-0.25, -0.2) is 4.39 Å². The minimum atomic E-state index is -0.303. The zero-order valence-electron chi connectivity index (χ0n) is 13.0. The molecule has 2 heterocycles. The number of halogens is 1. The van der Waals surface area contributed by atoms with E-state index in [4.69, 9.17) is 4.74 Å². The predicted octanol–water partition coefficient (Wildman–Crippen LogP) is 2.57. The Hall–Kier alpha value is -2.14. The molecule has 0 unspecified atom stereocenters. The standard InChI is InChI=1S/C18H21FN2O2/c19-16-4-1-3-15(11-16)13-23-17-5-2-10-21(18(17)22)12-14-6-8-20-9-7-14/h1-5,10-11,14,20H,6-9,12-13H2. The van der Waals surface area contributed by atoms with Crippen LogP contribution in [0.1, 0.15) is 18.4 Å². The molecule has 0 spiro atoms. The molecule has 1 aromatic heterocycles. The smallest absolute Gasteiger partial charge is 0.292 e. The van der Waals surface area contributed by atoms with E-state index in [1.54, 1.807) is 29.0 Å². The van der Waals surface area contributed by atoms with Crippen molar-refractivity contribution in [3.05, 3.63) is 64.3 Å². The Bertz CT molecular complexity index is 708. The number of nitrogens with zero attached hydrogens (tertiary/aromatic N) is 1. The second-order valence-electron chi connectivity index (χ2n) is 5.94. The number of hydrogen-bond donors (Lipinski definition) is 1. The van der Waals surface area contributed by atoms with E-state index in [0.29, 0.717) is 17.2 Å². The molecule has 0 atom stereocenters. The van der Waals surface area contributed by atoms with E-state index in [9.17, 15) is 9.18 Å². The zero-order valence-corrected chi connectivity index (χ0v) is 13.0. The third kappa shape index (κ3) is 4.20. The normalized spacial score (nSPS) is 15.5. The summed E-state index contributed by atoms with van der Waals surface area (Å²) in [5.41, 5.74) is 0.584. The van der Waals surface area contributed by atoms with Gasteiger partial charge in [-0.2, -0.15) is 0 Å². The van der Waals surface area contributed by atoms with Gasteiger partial charge < -0.3 is 14.6 Å². The minimum Gasteiger partial charge on any atom is -0.483 e. The molecule has 0 amide bonds. The van der Waals surface area contributed by atoms with Crippen molar-refractivity contribution in [1.82, 2.24) is 9.88 Å². The average molecular weight is 316 g/mol. The summed E-state index contributed by atoms with van der Waals surface area (Å²) in [7, 11) is 0. The maximum Gasteiger partial charge on any atom is 0.292 e. The summed E-state index contributed by atoms with van der Waals surface area (Å²) in [6, 6.07) is 9.70. The van der Waals surface area contributed by atoms with Crippen molar-refractivity contribution >= 4 is 0 Å². The van der Waals surface area contributed by atoms with Crippen LogP contribution in [0.2, 0.25) is 0 Å². The van der Waals surface area contributed by atoms with Gasteiger partial charge in [0.15, 0.2) is 5.75 Å².